The van der Waals surface area contributed by atoms with Crippen LogP contribution in [0, 0.1) is 0 Å². The van der Waals surface area contributed by atoms with E-state index >= 15 is 0 Å². The predicted octanol–water partition coefficient (Wildman–Crippen LogP) is 4.35. The van der Waals surface area contributed by atoms with Gasteiger partial charge in [0.15, 0.2) is 6.10 Å². The molecular formula is C23H22N2O4. The summed E-state index contributed by atoms with van der Waals surface area (Å²) >= 11 is 0. The summed E-state index contributed by atoms with van der Waals surface area (Å²) in [6.07, 6.45) is -0.727. The molecular weight excluding hydrogens is 368 g/mol. The van der Waals surface area contributed by atoms with Crippen LogP contribution in [-0.4, -0.2) is 25.0 Å². The number of benzene rings is 3. The van der Waals surface area contributed by atoms with Crippen LogP contribution in [0.5, 0.6) is 11.5 Å². The second kappa shape index (κ2) is 9.41. The molecule has 0 saturated carbocycles. The first-order chi connectivity index (χ1) is 14.1. The Labute approximate surface area is 169 Å². The Morgan fingerprint density at radius 2 is 1.45 bits per heavy atom. The highest BCUT2D eigenvalue weighted by molar-refractivity contribution is 6.10. The van der Waals surface area contributed by atoms with Crippen molar-refractivity contribution in [3.63, 3.8) is 0 Å². The highest BCUT2D eigenvalue weighted by atomic mass is 16.5. The predicted molar refractivity (Wildman–Crippen MR) is 113 cm³/mol. The van der Waals surface area contributed by atoms with Crippen LogP contribution in [0.25, 0.3) is 0 Å². The number of anilines is 2. The lowest BCUT2D eigenvalue weighted by molar-refractivity contribution is -0.122. The zero-order valence-electron chi connectivity index (χ0n) is 16.2. The van der Waals surface area contributed by atoms with Crippen LogP contribution in [0.15, 0.2) is 78.9 Å². The van der Waals surface area contributed by atoms with E-state index in [4.69, 9.17) is 9.47 Å². The third kappa shape index (κ3) is 5.35. The SMILES string of the molecule is COc1ccc(NC(=O)c2ccccc2NC(=O)C(C)Oc2ccccc2)cc1. The smallest absolute Gasteiger partial charge is 0.265 e. The van der Waals surface area contributed by atoms with Crippen LogP contribution in [0.4, 0.5) is 11.4 Å². The van der Waals surface area contributed by atoms with Gasteiger partial charge in [-0.3, -0.25) is 9.59 Å². The molecule has 3 rings (SSSR count). The molecule has 0 aliphatic carbocycles. The van der Waals surface area contributed by atoms with Gasteiger partial charge in [0.25, 0.3) is 11.8 Å². The second-order valence-electron chi connectivity index (χ2n) is 6.29. The molecule has 2 N–H and O–H groups in total. The molecule has 3 aromatic rings. The number of hydrogen-bond acceptors (Lipinski definition) is 4. The van der Waals surface area contributed by atoms with Crippen molar-refractivity contribution in [1.29, 1.82) is 0 Å². The minimum absolute atomic E-state index is 0.331. The maximum absolute atomic E-state index is 12.7. The molecule has 0 heterocycles. The van der Waals surface area contributed by atoms with E-state index in [9.17, 15) is 9.59 Å². The summed E-state index contributed by atoms with van der Waals surface area (Å²) in [5.41, 5.74) is 1.38. The Bertz CT molecular complexity index is 972. The summed E-state index contributed by atoms with van der Waals surface area (Å²) < 4.78 is 10.8. The maximum Gasteiger partial charge on any atom is 0.265 e. The van der Waals surface area contributed by atoms with Crippen LogP contribution >= 0.6 is 0 Å². The van der Waals surface area contributed by atoms with Crippen molar-refractivity contribution >= 4 is 23.2 Å². The fraction of sp³-hybridized carbons (Fsp3) is 0.130. The number of carbonyl (C=O) groups is 2. The molecule has 0 bridgehead atoms. The maximum atomic E-state index is 12.7. The molecule has 6 heteroatoms. The first kappa shape index (κ1) is 19.9. The number of para-hydroxylation sites is 2. The van der Waals surface area contributed by atoms with Crippen LogP contribution in [0.2, 0.25) is 0 Å². The van der Waals surface area contributed by atoms with Crippen LogP contribution in [-0.2, 0) is 4.79 Å². The van der Waals surface area contributed by atoms with Crippen LogP contribution in [0.3, 0.4) is 0 Å². The molecule has 0 aliphatic heterocycles. The highest BCUT2D eigenvalue weighted by Crippen LogP contribution is 2.20. The van der Waals surface area contributed by atoms with Crippen molar-refractivity contribution in [2.75, 3.05) is 17.7 Å². The van der Waals surface area contributed by atoms with Gasteiger partial charge in [0.2, 0.25) is 0 Å². The quantitative estimate of drug-likeness (QED) is 0.629. The van der Waals surface area contributed by atoms with E-state index in [2.05, 4.69) is 10.6 Å². The average Bonchev–Trinajstić information content (AvgIpc) is 2.75. The van der Waals surface area contributed by atoms with Gasteiger partial charge in [0, 0.05) is 5.69 Å². The Morgan fingerprint density at radius 3 is 2.14 bits per heavy atom. The number of amides is 2. The zero-order valence-corrected chi connectivity index (χ0v) is 16.2. The van der Waals surface area contributed by atoms with Crippen molar-refractivity contribution in [2.45, 2.75) is 13.0 Å². The third-order valence-corrected chi connectivity index (χ3v) is 4.20. The summed E-state index contributed by atoms with van der Waals surface area (Å²) in [7, 11) is 1.58. The highest BCUT2D eigenvalue weighted by Gasteiger charge is 2.18. The summed E-state index contributed by atoms with van der Waals surface area (Å²) in [4.78, 5) is 25.2. The standard InChI is InChI=1S/C23H22N2O4/c1-16(29-19-8-4-3-5-9-19)22(26)25-21-11-7-6-10-20(21)23(27)24-17-12-14-18(28-2)15-13-17/h3-16H,1-2H3,(H,24,27)(H,25,26). The number of rotatable bonds is 7. The number of nitrogens with one attached hydrogen (secondary N) is 2. The van der Waals surface area contributed by atoms with Crippen molar-refractivity contribution in [3.8, 4) is 11.5 Å². The Kier molecular flexibility index (Phi) is 6.47. The van der Waals surface area contributed by atoms with Gasteiger partial charge in [-0.25, -0.2) is 0 Å². The summed E-state index contributed by atoms with van der Waals surface area (Å²) in [5.74, 6) is 0.616. The first-order valence-electron chi connectivity index (χ1n) is 9.14. The van der Waals surface area contributed by atoms with Crippen molar-refractivity contribution in [3.05, 3.63) is 84.4 Å². The van der Waals surface area contributed by atoms with Gasteiger partial charge in [0.05, 0.1) is 18.4 Å². The van der Waals surface area contributed by atoms with E-state index in [1.54, 1.807) is 74.7 Å². The Morgan fingerprint density at radius 1 is 0.793 bits per heavy atom. The molecule has 0 spiro atoms. The largest absolute Gasteiger partial charge is 0.497 e. The molecule has 3 aromatic carbocycles. The van der Waals surface area contributed by atoms with E-state index in [1.165, 1.54) is 0 Å². The summed E-state index contributed by atoms with van der Waals surface area (Å²) in [5, 5.41) is 5.59. The first-order valence-corrected chi connectivity index (χ1v) is 9.14. The Balaban J connectivity index is 1.68. The van der Waals surface area contributed by atoms with E-state index in [-0.39, 0.29) is 11.8 Å². The summed E-state index contributed by atoms with van der Waals surface area (Å²) in [6, 6.07) is 22.9. The third-order valence-electron chi connectivity index (χ3n) is 4.20. The Hall–Kier alpha value is -3.80. The van der Waals surface area contributed by atoms with Gasteiger partial charge in [-0.2, -0.15) is 0 Å². The molecule has 0 radical (unpaired) electrons. The van der Waals surface area contributed by atoms with Gasteiger partial charge in [0.1, 0.15) is 11.5 Å². The van der Waals surface area contributed by atoms with Gasteiger partial charge in [-0.15, -0.1) is 0 Å². The molecule has 2 amide bonds. The molecule has 1 atom stereocenters. The summed E-state index contributed by atoms with van der Waals surface area (Å²) in [6.45, 7) is 1.66. The number of methoxy groups -OCH3 is 1. The van der Waals surface area contributed by atoms with E-state index < -0.39 is 6.10 Å². The fourth-order valence-corrected chi connectivity index (χ4v) is 2.65. The normalized spacial score (nSPS) is 11.2. The van der Waals surface area contributed by atoms with Crippen LogP contribution in [0.1, 0.15) is 17.3 Å². The number of hydrogen-bond donors (Lipinski definition) is 2. The zero-order chi connectivity index (χ0) is 20.6. The van der Waals surface area contributed by atoms with Gasteiger partial charge in [-0.1, -0.05) is 30.3 Å². The van der Waals surface area contributed by atoms with E-state index in [0.29, 0.717) is 28.4 Å². The monoisotopic (exact) mass is 390 g/mol. The molecule has 6 nitrogen and oxygen atoms in total. The number of carbonyl (C=O) groups excluding carboxylic acids is 2. The van der Waals surface area contributed by atoms with Gasteiger partial charge in [-0.05, 0) is 55.5 Å². The number of ether oxygens (including phenoxy) is 2. The lowest BCUT2D eigenvalue weighted by Crippen LogP contribution is -2.31. The topological polar surface area (TPSA) is 76.7 Å². The van der Waals surface area contributed by atoms with Crippen molar-refractivity contribution < 1.29 is 19.1 Å². The molecule has 0 aromatic heterocycles. The lowest BCUT2D eigenvalue weighted by Gasteiger charge is -2.16. The molecule has 0 fully saturated rings. The molecule has 1 unspecified atom stereocenters. The molecule has 0 aliphatic rings. The van der Waals surface area contributed by atoms with E-state index in [1.807, 2.05) is 18.2 Å². The second-order valence-corrected chi connectivity index (χ2v) is 6.29. The minimum atomic E-state index is -0.727. The average molecular weight is 390 g/mol. The molecule has 0 saturated heterocycles. The van der Waals surface area contributed by atoms with Gasteiger partial charge < -0.3 is 20.1 Å². The lowest BCUT2D eigenvalue weighted by atomic mass is 10.1. The van der Waals surface area contributed by atoms with Gasteiger partial charge >= 0.3 is 0 Å². The van der Waals surface area contributed by atoms with Crippen molar-refractivity contribution in [1.82, 2.24) is 0 Å². The van der Waals surface area contributed by atoms with E-state index in [0.717, 1.165) is 0 Å². The molecule has 29 heavy (non-hydrogen) atoms. The minimum Gasteiger partial charge on any atom is -0.497 e. The molecule has 148 valence electrons. The fourth-order valence-electron chi connectivity index (χ4n) is 2.65. The van der Waals surface area contributed by atoms with Crippen molar-refractivity contribution in [2.24, 2.45) is 0 Å². The van der Waals surface area contributed by atoms with Crippen LogP contribution < -0.4 is 20.1 Å².